The van der Waals surface area contributed by atoms with Crippen molar-refractivity contribution in [2.24, 2.45) is 0 Å². The summed E-state index contributed by atoms with van der Waals surface area (Å²) in [6.07, 6.45) is 6.33. The lowest BCUT2D eigenvalue weighted by atomic mass is 10.0. The summed E-state index contributed by atoms with van der Waals surface area (Å²) in [5.41, 5.74) is 4.15. The van der Waals surface area contributed by atoms with Gasteiger partial charge in [0, 0.05) is 18.7 Å². The summed E-state index contributed by atoms with van der Waals surface area (Å²) in [6.45, 7) is 9.40. The van der Waals surface area contributed by atoms with E-state index in [-0.39, 0.29) is 12.1 Å². The molecule has 1 atom stereocenters. The van der Waals surface area contributed by atoms with E-state index in [1.54, 1.807) is 0 Å². The molecular formula is C23H31N3O3. The second-order valence-corrected chi connectivity index (χ2v) is 7.73. The van der Waals surface area contributed by atoms with E-state index < -0.39 is 0 Å². The normalized spacial score (nSPS) is 15.2. The van der Waals surface area contributed by atoms with E-state index in [2.05, 4.69) is 42.5 Å². The molecule has 6 heteroatoms. The van der Waals surface area contributed by atoms with Crippen LogP contribution in [0.2, 0.25) is 0 Å². The maximum absolute atomic E-state index is 12.5. The lowest BCUT2D eigenvalue weighted by Crippen LogP contribution is -2.39. The van der Waals surface area contributed by atoms with Gasteiger partial charge in [0.15, 0.2) is 0 Å². The first kappa shape index (κ1) is 21.0. The van der Waals surface area contributed by atoms with Crippen LogP contribution in [0.25, 0.3) is 6.08 Å². The first-order valence-corrected chi connectivity index (χ1v) is 10.4. The molecule has 0 bridgehead atoms. The van der Waals surface area contributed by atoms with Crippen molar-refractivity contribution in [1.29, 1.82) is 0 Å². The number of aryl methyl sites for hydroxylation is 1. The number of aromatic nitrogens is 1. The van der Waals surface area contributed by atoms with Gasteiger partial charge in [-0.1, -0.05) is 42.3 Å². The number of carbonyl (C=O) groups is 1. The quantitative estimate of drug-likeness (QED) is 0.692. The van der Waals surface area contributed by atoms with Crippen molar-refractivity contribution >= 4 is 18.0 Å². The molecule has 0 spiro atoms. The predicted octanol–water partition coefficient (Wildman–Crippen LogP) is 5.57. The van der Waals surface area contributed by atoms with Crippen LogP contribution in [0.3, 0.4) is 0 Å². The molecule has 0 saturated carbocycles. The summed E-state index contributed by atoms with van der Waals surface area (Å²) < 4.78 is 11.2. The number of nitrogens with one attached hydrogen (secondary N) is 1. The molecular weight excluding hydrogens is 366 g/mol. The maximum Gasteiger partial charge on any atom is 0.324 e. The average Bonchev–Trinajstić information content (AvgIpc) is 3.01. The number of carbonyl (C=O) groups excluding carboxylic acids is 1. The molecule has 1 fully saturated rings. The molecule has 0 aliphatic carbocycles. The van der Waals surface area contributed by atoms with Gasteiger partial charge in [0.1, 0.15) is 5.75 Å². The predicted molar refractivity (Wildman–Crippen MR) is 115 cm³/mol. The van der Waals surface area contributed by atoms with Crippen LogP contribution in [0.15, 0.2) is 34.4 Å². The minimum atomic E-state index is -0.136. The average molecular weight is 398 g/mol. The van der Waals surface area contributed by atoms with Gasteiger partial charge in [-0.05, 0) is 57.7 Å². The van der Waals surface area contributed by atoms with E-state index in [1.165, 1.54) is 5.57 Å². The Kier molecular flexibility index (Phi) is 6.96. The molecule has 1 aromatic carbocycles. The summed E-state index contributed by atoms with van der Waals surface area (Å²) in [5, 5.41) is 6.70. The number of urea groups is 1. The van der Waals surface area contributed by atoms with Gasteiger partial charge in [0.05, 0.1) is 11.8 Å². The highest BCUT2D eigenvalue weighted by molar-refractivity contribution is 5.88. The SMILES string of the molecule is CCCC(C)Oc1cccc(C=C2CCN(C(=O)Nc3onc(C)c3C)CC2)c1. The molecule has 2 amide bonds. The standard InChI is InChI=1S/C23H31N3O3/c1-5-7-16(2)28-21-9-6-8-20(15-21)14-19-10-12-26(13-11-19)23(27)24-22-17(3)18(4)25-29-22/h6,8-9,14-16H,5,7,10-13H2,1-4H3,(H,24,27). The Bertz CT molecular complexity index is 862. The summed E-state index contributed by atoms with van der Waals surface area (Å²) in [4.78, 5) is 14.3. The van der Waals surface area contributed by atoms with E-state index in [0.29, 0.717) is 19.0 Å². The molecule has 156 valence electrons. The second kappa shape index (κ2) is 9.63. The third kappa shape index (κ3) is 5.62. The monoisotopic (exact) mass is 397 g/mol. The van der Waals surface area contributed by atoms with Crippen LogP contribution in [0.1, 0.15) is 56.4 Å². The van der Waals surface area contributed by atoms with E-state index in [9.17, 15) is 4.79 Å². The number of benzene rings is 1. The van der Waals surface area contributed by atoms with Crippen LogP contribution in [0.5, 0.6) is 5.75 Å². The van der Waals surface area contributed by atoms with Crippen molar-refractivity contribution in [3.63, 3.8) is 0 Å². The number of piperidine rings is 1. The van der Waals surface area contributed by atoms with Crippen LogP contribution in [-0.4, -0.2) is 35.3 Å². The van der Waals surface area contributed by atoms with Gasteiger partial charge in [-0.25, -0.2) is 4.79 Å². The molecule has 1 saturated heterocycles. The van der Waals surface area contributed by atoms with Crippen molar-refractivity contribution in [1.82, 2.24) is 10.1 Å². The highest BCUT2D eigenvalue weighted by Gasteiger charge is 2.21. The van der Waals surface area contributed by atoms with Crippen LogP contribution in [0.4, 0.5) is 10.7 Å². The van der Waals surface area contributed by atoms with Crippen molar-refractivity contribution in [2.75, 3.05) is 18.4 Å². The van der Waals surface area contributed by atoms with Crippen LogP contribution < -0.4 is 10.1 Å². The van der Waals surface area contributed by atoms with Crippen LogP contribution in [-0.2, 0) is 0 Å². The first-order valence-electron chi connectivity index (χ1n) is 10.4. The number of amides is 2. The molecule has 1 unspecified atom stereocenters. The molecule has 29 heavy (non-hydrogen) atoms. The van der Waals surface area contributed by atoms with E-state index in [4.69, 9.17) is 9.26 Å². The summed E-state index contributed by atoms with van der Waals surface area (Å²) in [7, 11) is 0. The Balaban J connectivity index is 1.55. The fraction of sp³-hybridized carbons (Fsp3) is 0.478. The van der Waals surface area contributed by atoms with Gasteiger partial charge in [-0.3, -0.25) is 5.32 Å². The Morgan fingerprint density at radius 1 is 1.34 bits per heavy atom. The minimum absolute atomic E-state index is 0.136. The lowest BCUT2D eigenvalue weighted by Gasteiger charge is -2.28. The highest BCUT2D eigenvalue weighted by Crippen LogP contribution is 2.24. The molecule has 1 aliphatic heterocycles. The third-order valence-electron chi connectivity index (χ3n) is 5.33. The molecule has 1 N–H and O–H groups in total. The van der Waals surface area contributed by atoms with E-state index in [0.717, 1.165) is 48.3 Å². The van der Waals surface area contributed by atoms with Crippen molar-refractivity contribution < 1.29 is 14.1 Å². The van der Waals surface area contributed by atoms with Crippen LogP contribution >= 0.6 is 0 Å². The fourth-order valence-corrected chi connectivity index (χ4v) is 3.46. The van der Waals surface area contributed by atoms with Crippen molar-refractivity contribution in [2.45, 2.75) is 59.5 Å². The van der Waals surface area contributed by atoms with Crippen molar-refractivity contribution in [3.05, 3.63) is 46.7 Å². The Labute approximate surface area is 172 Å². The Morgan fingerprint density at radius 2 is 2.10 bits per heavy atom. The zero-order valence-electron chi connectivity index (χ0n) is 17.8. The maximum atomic E-state index is 12.5. The summed E-state index contributed by atoms with van der Waals surface area (Å²) in [6, 6.07) is 8.09. The molecule has 6 nitrogen and oxygen atoms in total. The van der Waals surface area contributed by atoms with Gasteiger partial charge in [0.2, 0.25) is 5.88 Å². The highest BCUT2D eigenvalue weighted by atomic mass is 16.5. The number of likely N-dealkylation sites (tertiary alicyclic amines) is 1. The van der Waals surface area contributed by atoms with Gasteiger partial charge >= 0.3 is 6.03 Å². The van der Waals surface area contributed by atoms with Crippen molar-refractivity contribution in [3.8, 4) is 5.75 Å². The molecule has 3 rings (SSSR count). The number of hydrogen-bond donors (Lipinski definition) is 1. The van der Waals surface area contributed by atoms with Gasteiger partial charge in [-0.15, -0.1) is 0 Å². The fourth-order valence-electron chi connectivity index (χ4n) is 3.46. The number of anilines is 1. The second-order valence-electron chi connectivity index (χ2n) is 7.73. The number of rotatable bonds is 6. The topological polar surface area (TPSA) is 67.6 Å². The summed E-state index contributed by atoms with van der Waals surface area (Å²) in [5.74, 6) is 1.35. The van der Waals surface area contributed by atoms with E-state index in [1.807, 2.05) is 30.9 Å². The van der Waals surface area contributed by atoms with Gasteiger partial charge in [-0.2, -0.15) is 0 Å². The third-order valence-corrected chi connectivity index (χ3v) is 5.33. The number of ether oxygens (including phenoxy) is 1. The Morgan fingerprint density at radius 3 is 2.76 bits per heavy atom. The van der Waals surface area contributed by atoms with Gasteiger partial charge < -0.3 is 14.2 Å². The Hall–Kier alpha value is -2.76. The smallest absolute Gasteiger partial charge is 0.324 e. The molecule has 1 aromatic heterocycles. The largest absolute Gasteiger partial charge is 0.491 e. The zero-order valence-corrected chi connectivity index (χ0v) is 17.8. The molecule has 2 heterocycles. The minimum Gasteiger partial charge on any atom is -0.491 e. The molecule has 2 aromatic rings. The lowest BCUT2D eigenvalue weighted by molar-refractivity contribution is 0.207. The number of nitrogens with zero attached hydrogens (tertiary/aromatic N) is 2. The number of hydrogen-bond acceptors (Lipinski definition) is 4. The first-order chi connectivity index (χ1) is 14.0. The zero-order chi connectivity index (χ0) is 20.8. The van der Waals surface area contributed by atoms with Gasteiger partial charge in [0.25, 0.3) is 0 Å². The molecule has 1 aliphatic rings. The summed E-state index contributed by atoms with van der Waals surface area (Å²) >= 11 is 0. The molecule has 0 radical (unpaired) electrons. The van der Waals surface area contributed by atoms with E-state index >= 15 is 0 Å². The van der Waals surface area contributed by atoms with Crippen LogP contribution in [0, 0.1) is 13.8 Å².